The molecule has 1 heterocycles. The summed E-state index contributed by atoms with van der Waals surface area (Å²) >= 11 is 0. The highest BCUT2D eigenvalue weighted by Crippen LogP contribution is 2.30. The third-order valence-corrected chi connectivity index (χ3v) is 6.12. The smallest absolute Gasteiger partial charge is 0.416 e. The number of aryl methyl sites for hydroxylation is 1. The van der Waals surface area contributed by atoms with Gasteiger partial charge in [0.25, 0.3) is 5.91 Å². The molecule has 0 radical (unpaired) electrons. The lowest BCUT2D eigenvalue weighted by Gasteiger charge is -2.19. The van der Waals surface area contributed by atoms with Gasteiger partial charge < -0.3 is 10.1 Å². The van der Waals surface area contributed by atoms with Crippen molar-refractivity contribution in [3.05, 3.63) is 112 Å². The molecule has 8 heteroatoms. The molecule has 38 heavy (non-hydrogen) atoms. The standard InChI is InChI=1S/C30H30F3N3O2/c1-20-15-27(35-36(20)18-21-7-6-10-25(17-21)30(31,32)33)34-28(37)23-9-5-8-22(16-23)19-38-26-13-11-24(12-14-26)29(2,3)4/h5-17H,18-19H2,1-4H3,(H,34,35,37). The highest BCUT2D eigenvalue weighted by molar-refractivity contribution is 6.03. The van der Waals surface area contributed by atoms with Gasteiger partial charge in [-0.05, 0) is 65.4 Å². The minimum atomic E-state index is -4.41. The van der Waals surface area contributed by atoms with Crippen molar-refractivity contribution in [2.24, 2.45) is 0 Å². The molecule has 0 aliphatic carbocycles. The number of aromatic nitrogens is 2. The van der Waals surface area contributed by atoms with Crippen LogP contribution in [0.2, 0.25) is 0 Å². The molecule has 0 fully saturated rings. The van der Waals surface area contributed by atoms with Crippen molar-refractivity contribution in [1.82, 2.24) is 9.78 Å². The third-order valence-electron chi connectivity index (χ3n) is 6.12. The average molecular weight is 522 g/mol. The minimum Gasteiger partial charge on any atom is -0.489 e. The Hall–Kier alpha value is -4.07. The summed E-state index contributed by atoms with van der Waals surface area (Å²) in [6.45, 7) is 8.70. The van der Waals surface area contributed by atoms with E-state index >= 15 is 0 Å². The summed E-state index contributed by atoms with van der Waals surface area (Å²) in [5.74, 6) is 0.722. The number of benzene rings is 3. The molecule has 0 bridgehead atoms. The number of hydrogen-bond donors (Lipinski definition) is 1. The molecule has 198 valence electrons. The Morgan fingerprint density at radius 1 is 0.895 bits per heavy atom. The Labute approximate surface area is 220 Å². The molecule has 4 aromatic rings. The Morgan fingerprint density at radius 3 is 2.26 bits per heavy atom. The number of halogens is 3. The zero-order valence-corrected chi connectivity index (χ0v) is 21.8. The SMILES string of the molecule is Cc1cc(NC(=O)c2cccc(COc3ccc(C(C)(C)C)cc3)c2)nn1Cc1cccc(C(F)(F)F)c1. The lowest BCUT2D eigenvalue weighted by atomic mass is 9.87. The van der Waals surface area contributed by atoms with E-state index in [0.29, 0.717) is 29.2 Å². The van der Waals surface area contributed by atoms with Gasteiger partial charge in [-0.25, -0.2) is 0 Å². The molecule has 0 aliphatic rings. The molecular weight excluding hydrogens is 491 g/mol. The van der Waals surface area contributed by atoms with Crippen molar-refractivity contribution in [2.45, 2.75) is 52.4 Å². The van der Waals surface area contributed by atoms with Gasteiger partial charge in [0.1, 0.15) is 12.4 Å². The normalized spacial score (nSPS) is 11.9. The Morgan fingerprint density at radius 2 is 1.58 bits per heavy atom. The van der Waals surface area contributed by atoms with Crippen LogP contribution in [0.15, 0.2) is 78.9 Å². The number of nitrogens with one attached hydrogen (secondary N) is 1. The minimum absolute atomic E-state index is 0.0623. The summed E-state index contributed by atoms with van der Waals surface area (Å²) in [5.41, 5.74) is 3.02. The van der Waals surface area contributed by atoms with Gasteiger partial charge in [-0.2, -0.15) is 18.3 Å². The number of amides is 1. The maximum atomic E-state index is 13.0. The maximum absolute atomic E-state index is 13.0. The van der Waals surface area contributed by atoms with Crippen LogP contribution < -0.4 is 10.1 Å². The number of rotatable bonds is 7. The Bertz CT molecular complexity index is 1420. The number of nitrogens with zero attached hydrogens (tertiary/aromatic N) is 2. The van der Waals surface area contributed by atoms with Crippen molar-refractivity contribution in [3.63, 3.8) is 0 Å². The van der Waals surface area contributed by atoms with Crippen molar-refractivity contribution < 1.29 is 22.7 Å². The van der Waals surface area contributed by atoms with Crippen LogP contribution in [0, 0.1) is 6.92 Å². The number of ether oxygens (including phenoxy) is 1. The third kappa shape index (κ3) is 6.82. The van der Waals surface area contributed by atoms with E-state index in [1.54, 1.807) is 41.9 Å². The second kappa shape index (κ2) is 10.7. The van der Waals surface area contributed by atoms with Crippen LogP contribution in [0.25, 0.3) is 0 Å². The highest BCUT2D eigenvalue weighted by atomic mass is 19.4. The Balaban J connectivity index is 1.39. The topological polar surface area (TPSA) is 56.1 Å². The second-order valence-corrected chi connectivity index (χ2v) is 10.2. The van der Waals surface area contributed by atoms with E-state index in [1.807, 2.05) is 30.3 Å². The van der Waals surface area contributed by atoms with Crippen LogP contribution in [0.5, 0.6) is 5.75 Å². The average Bonchev–Trinajstić information content (AvgIpc) is 3.20. The summed E-state index contributed by atoms with van der Waals surface area (Å²) in [4.78, 5) is 12.9. The predicted molar refractivity (Wildman–Crippen MR) is 141 cm³/mol. The van der Waals surface area contributed by atoms with Gasteiger partial charge in [-0.1, -0.05) is 57.2 Å². The van der Waals surface area contributed by atoms with Crippen molar-refractivity contribution in [1.29, 1.82) is 0 Å². The van der Waals surface area contributed by atoms with Crippen molar-refractivity contribution in [3.8, 4) is 5.75 Å². The Kier molecular flexibility index (Phi) is 7.62. The zero-order valence-electron chi connectivity index (χ0n) is 21.8. The molecule has 0 unspecified atom stereocenters. The molecule has 5 nitrogen and oxygen atoms in total. The van der Waals surface area contributed by atoms with E-state index in [4.69, 9.17) is 4.74 Å². The zero-order chi connectivity index (χ0) is 27.5. The quantitative estimate of drug-likeness (QED) is 0.276. The van der Waals surface area contributed by atoms with E-state index in [9.17, 15) is 18.0 Å². The number of alkyl halides is 3. The maximum Gasteiger partial charge on any atom is 0.416 e. The molecule has 0 saturated carbocycles. The number of carbonyl (C=O) groups is 1. The first-order chi connectivity index (χ1) is 17.9. The fraction of sp³-hybridized carbons (Fsp3) is 0.267. The van der Waals surface area contributed by atoms with Gasteiger partial charge in [-0.3, -0.25) is 9.48 Å². The van der Waals surface area contributed by atoms with E-state index < -0.39 is 11.7 Å². The van der Waals surface area contributed by atoms with Crippen LogP contribution >= 0.6 is 0 Å². The molecule has 1 aromatic heterocycles. The molecule has 1 amide bonds. The summed E-state index contributed by atoms with van der Waals surface area (Å²) in [5, 5.41) is 7.13. The summed E-state index contributed by atoms with van der Waals surface area (Å²) in [6.07, 6.45) is -4.41. The van der Waals surface area contributed by atoms with Gasteiger partial charge in [0, 0.05) is 17.3 Å². The molecule has 0 saturated heterocycles. The molecular formula is C30H30F3N3O2. The van der Waals surface area contributed by atoms with E-state index in [0.717, 1.165) is 23.4 Å². The van der Waals surface area contributed by atoms with Crippen LogP contribution in [0.3, 0.4) is 0 Å². The first kappa shape index (κ1) is 27.0. The van der Waals surface area contributed by atoms with Crippen LogP contribution in [-0.4, -0.2) is 15.7 Å². The lowest BCUT2D eigenvalue weighted by Crippen LogP contribution is -2.13. The molecule has 0 atom stereocenters. The number of anilines is 1. The second-order valence-electron chi connectivity index (χ2n) is 10.2. The van der Waals surface area contributed by atoms with E-state index in [2.05, 4.69) is 31.2 Å². The first-order valence-corrected chi connectivity index (χ1v) is 12.2. The fourth-order valence-corrected chi connectivity index (χ4v) is 3.96. The van der Waals surface area contributed by atoms with Crippen molar-refractivity contribution >= 4 is 11.7 Å². The summed E-state index contributed by atoms with van der Waals surface area (Å²) in [7, 11) is 0. The largest absolute Gasteiger partial charge is 0.489 e. The van der Waals surface area contributed by atoms with Crippen LogP contribution in [-0.2, 0) is 24.7 Å². The molecule has 0 aliphatic heterocycles. The monoisotopic (exact) mass is 521 g/mol. The molecule has 3 aromatic carbocycles. The van der Waals surface area contributed by atoms with Crippen LogP contribution in [0.1, 0.15) is 59.1 Å². The summed E-state index contributed by atoms with van der Waals surface area (Å²) in [6, 6.07) is 21.9. The van der Waals surface area contributed by atoms with Gasteiger partial charge in [0.05, 0.1) is 12.1 Å². The van der Waals surface area contributed by atoms with Gasteiger partial charge in [-0.15, -0.1) is 0 Å². The van der Waals surface area contributed by atoms with E-state index in [1.165, 1.54) is 11.6 Å². The van der Waals surface area contributed by atoms with Crippen molar-refractivity contribution in [2.75, 3.05) is 5.32 Å². The molecule has 0 spiro atoms. The first-order valence-electron chi connectivity index (χ1n) is 12.2. The highest BCUT2D eigenvalue weighted by Gasteiger charge is 2.30. The van der Waals surface area contributed by atoms with Crippen LogP contribution in [0.4, 0.5) is 19.0 Å². The predicted octanol–water partition coefficient (Wildman–Crippen LogP) is 7.39. The van der Waals surface area contributed by atoms with Gasteiger partial charge >= 0.3 is 6.18 Å². The lowest BCUT2D eigenvalue weighted by molar-refractivity contribution is -0.137. The number of hydrogen-bond acceptors (Lipinski definition) is 3. The molecule has 4 rings (SSSR count). The van der Waals surface area contributed by atoms with E-state index in [-0.39, 0.29) is 17.9 Å². The van der Waals surface area contributed by atoms with Gasteiger partial charge in [0.2, 0.25) is 0 Å². The summed E-state index contributed by atoms with van der Waals surface area (Å²) < 4.78 is 46.6. The number of carbonyl (C=O) groups excluding carboxylic acids is 1. The molecule has 1 N–H and O–H groups in total. The fourth-order valence-electron chi connectivity index (χ4n) is 3.96. The van der Waals surface area contributed by atoms with Gasteiger partial charge in [0.15, 0.2) is 5.82 Å².